The zero-order chi connectivity index (χ0) is 31.6. The van der Waals surface area contributed by atoms with Crippen LogP contribution >= 0.6 is 0 Å². The van der Waals surface area contributed by atoms with Crippen molar-refractivity contribution < 1.29 is 0 Å². The summed E-state index contributed by atoms with van der Waals surface area (Å²) in [7, 11) is 0. The topological polar surface area (TPSA) is 0 Å². The zero-order valence-corrected chi connectivity index (χ0v) is 26.3. The molecule has 0 unspecified atom stereocenters. The fourth-order valence-corrected chi connectivity index (χ4v) is 6.51. The van der Waals surface area contributed by atoms with E-state index in [0.717, 1.165) is 23.1 Å². The summed E-state index contributed by atoms with van der Waals surface area (Å²) in [6.07, 6.45) is 6.70. The minimum atomic E-state index is 1.02. The highest BCUT2D eigenvalue weighted by Crippen LogP contribution is 2.43. The predicted octanol–water partition coefficient (Wildman–Crippen LogP) is 13.2. The van der Waals surface area contributed by atoms with Crippen LogP contribution in [0, 0.1) is 0 Å². The molecule has 0 amide bonds. The Labute approximate surface area is 272 Å². The molecule has 0 heterocycles. The summed E-state index contributed by atoms with van der Waals surface area (Å²) in [5.41, 5.74) is 14.4. The van der Waals surface area contributed by atoms with Crippen molar-refractivity contribution in [3.63, 3.8) is 0 Å². The molecule has 7 aromatic rings. The maximum absolute atomic E-state index is 3.96. The normalized spacial score (nSPS) is 11.1. The lowest BCUT2D eigenvalue weighted by Gasteiger charge is -2.18. The van der Waals surface area contributed by atoms with Crippen molar-refractivity contribution in [3.05, 3.63) is 175 Å². The van der Waals surface area contributed by atoms with Gasteiger partial charge in [-0.15, -0.1) is 0 Å². The van der Waals surface area contributed by atoms with Crippen LogP contribution < -0.4 is 0 Å². The predicted molar refractivity (Wildman–Crippen MR) is 203 cm³/mol. The SMILES string of the molecule is C=Cc1ccc(-c2ccc(-c3ccc(C=C)cc3)c3cc4c(-c5ccc(CC)cc5)ccc(-c5ccc(C=C)cc5)c4cc23)cc1. The number of hydrogen-bond acceptors (Lipinski definition) is 0. The van der Waals surface area contributed by atoms with Gasteiger partial charge in [0.2, 0.25) is 0 Å². The molecule has 7 aromatic carbocycles. The summed E-state index contributed by atoms with van der Waals surface area (Å²) in [6, 6.07) is 49.1. The first-order chi connectivity index (χ1) is 22.6. The van der Waals surface area contributed by atoms with Gasteiger partial charge in [-0.3, -0.25) is 0 Å². The third kappa shape index (κ3) is 5.29. The first kappa shape index (κ1) is 29.0. The molecule has 0 nitrogen and oxygen atoms in total. The highest BCUT2D eigenvalue weighted by atomic mass is 14.2. The Morgan fingerprint density at radius 2 is 0.630 bits per heavy atom. The van der Waals surface area contributed by atoms with Crippen LogP contribution in [0.25, 0.3) is 84.3 Å². The lowest BCUT2D eigenvalue weighted by molar-refractivity contribution is 1.14. The molecule has 0 atom stereocenters. The second kappa shape index (κ2) is 12.3. The highest BCUT2D eigenvalue weighted by Gasteiger charge is 2.16. The molecule has 0 spiro atoms. The smallest absolute Gasteiger partial charge is 0.00926 e. The number of fused-ring (bicyclic) bond motifs is 2. The fraction of sp³-hybridized carbons (Fsp3) is 0.0435. The molecule has 7 rings (SSSR count). The van der Waals surface area contributed by atoms with E-state index >= 15 is 0 Å². The van der Waals surface area contributed by atoms with Crippen LogP contribution in [0.15, 0.2) is 153 Å². The standard InChI is InChI=1S/C46H36/c1-5-31-9-17-35(18-10-31)39-25-26-40(36-19-11-32(6-2)12-20-36)44-30-46-42(38-23-15-34(8-4)16-24-38)28-27-41(45(46)29-43(39)44)37-21-13-33(7-3)14-22-37/h5-7,9-30H,1-3,8H2,4H3. The van der Waals surface area contributed by atoms with E-state index in [-0.39, 0.29) is 0 Å². The lowest BCUT2D eigenvalue weighted by Crippen LogP contribution is -1.91. The average molecular weight is 589 g/mol. The summed E-state index contributed by atoms with van der Waals surface area (Å²) in [5, 5.41) is 4.94. The van der Waals surface area contributed by atoms with Gasteiger partial charge in [0, 0.05) is 0 Å². The molecule has 0 fully saturated rings. The Balaban J connectivity index is 1.58. The van der Waals surface area contributed by atoms with Crippen LogP contribution in [0.5, 0.6) is 0 Å². The van der Waals surface area contributed by atoms with Crippen molar-refractivity contribution in [1.29, 1.82) is 0 Å². The first-order valence-electron chi connectivity index (χ1n) is 15.9. The van der Waals surface area contributed by atoms with Crippen LogP contribution in [0.4, 0.5) is 0 Å². The molecule has 46 heavy (non-hydrogen) atoms. The molecule has 0 aliphatic carbocycles. The monoisotopic (exact) mass is 588 g/mol. The number of rotatable bonds is 8. The molecule has 0 N–H and O–H groups in total. The molecular weight excluding hydrogens is 553 g/mol. The molecule has 0 saturated heterocycles. The Morgan fingerprint density at radius 1 is 0.370 bits per heavy atom. The van der Waals surface area contributed by atoms with Crippen LogP contribution in [0.2, 0.25) is 0 Å². The van der Waals surface area contributed by atoms with Crippen molar-refractivity contribution in [3.8, 4) is 44.5 Å². The van der Waals surface area contributed by atoms with E-state index in [0.29, 0.717) is 0 Å². The molecule has 0 aliphatic heterocycles. The van der Waals surface area contributed by atoms with Crippen molar-refractivity contribution in [2.45, 2.75) is 13.3 Å². The Morgan fingerprint density at radius 3 is 0.870 bits per heavy atom. The van der Waals surface area contributed by atoms with Crippen LogP contribution in [-0.4, -0.2) is 0 Å². The molecule has 0 saturated carbocycles. The third-order valence-corrected chi connectivity index (χ3v) is 9.20. The van der Waals surface area contributed by atoms with Crippen molar-refractivity contribution >= 4 is 39.8 Å². The van der Waals surface area contributed by atoms with E-state index in [1.807, 2.05) is 18.2 Å². The Kier molecular flexibility index (Phi) is 7.79. The van der Waals surface area contributed by atoms with Crippen molar-refractivity contribution in [2.24, 2.45) is 0 Å². The largest absolute Gasteiger partial charge is 0.0985 e. The second-order valence-corrected chi connectivity index (χ2v) is 11.8. The number of aryl methyl sites for hydroxylation is 1. The summed E-state index contributed by atoms with van der Waals surface area (Å²) in [4.78, 5) is 0. The number of benzene rings is 7. The molecule has 0 radical (unpaired) electrons. The number of hydrogen-bond donors (Lipinski definition) is 0. The van der Waals surface area contributed by atoms with Crippen LogP contribution in [0.1, 0.15) is 29.2 Å². The highest BCUT2D eigenvalue weighted by molar-refractivity contribution is 6.16. The Bertz CT molecular complexity index is 2230. The second-order valence-electron chi connectivity index (χ2n) is 11.8. The van der Waals surface area contributed by atoms with E-state index in [1.165, 1.54) is 71.6 Å². The van der Waals surface area contributed by atoms with Gasteiger partial charge in [0.25, 0.3) is 0 Å². The van der Waals surface area contributed by atoms with Gasteiger partial charge in [-0.05, 0) is 107 Å². The fourth-order valence-electron chi connectivity index (χ4n) is 6.51. The third-order valence-electron chi connectivity index (χ3n) is 9.20. The zero-order valence-electron chi connectivity index (χ0n) is 26.3. The molecule has 0 aliphatic rings. The minimum Gasteiger partial charge on any atom is -0.0985 e. The van der Waals surface area contributed by atoms with Gasteiger partial charge >= 0.3 is 0 Å². The molecule has 0 heteroatoms. The molecule has 220 valence electrons. The summed E-state index contributed by atoms with van der Waals surface area (Å²) < 4.78 is 0. The van der Waals surface area contributed by atoms with Gasteiger partial charge in [-0.2, -0.15) is 0 Å². The quantitative estimate of drug-likeness (QED) is 0.155. The maximum atomic E-state index is 3.96. The summed E-state index contributed by atoms with van der Waals surface area (Å²) >= 11 is 0. The van der Waals surface area contributed by atoms with Gasteiger partial charge in [-0.25, -0.2) is 0 Å². The lowest BCUT2D eigenvalue weighted by atomic mass is 9.85. The van der Waals surface area contributed by atoms with E-state index in [4.69, 9.17) is 0 Å². The van der Waals surface area contributed by atoms with E-state index in [1.54, 1.807) is 0 Å². The van der Waals surface area contributed by atoms with Gasteiger partial charge in [0.1, 0.15) is 0 Å². The van der Waals surface area contributed by atoms with Crippen LogP contribution in [0.3, 0.4) is 0 Å². The summed E-state index contributed by atoms with van der Waals surface area (Å²) in [6.45, 7) is 14.1. The van der Waals surface area contributed by atoms with E-state index in [9.17, 15) is 0 Å². The molecule has 0 aromatic heterocycles. The average Bonchev–Trinajstić information content (AvgIpc) is 3.13. The van der Waals surface area contributed by atoms with Crippen LogP contribution in [-0.2, 0) is 6.42 Å². The maximum Gasteiger partial charge on any atom is -0.00926 e. The minimum absolute atomic E-state index is 1.02. The van der Waals surface area contributed by atoms with Crippen molar-refractivity contribution in [2.75, 3.05) is 0 Å². The first-order valence-corrected chi connectivity index (χ1v) is 15.9. The summed E-state index contributed by atoms with van der Waals surface area (Å²) in [5.74, 6) is 0. The van der Waals surface area contributed by atoms with Gasteiger partial charge in [0.05, 0.1) is 0 Å². The molecular formula is C46H36. The van der Waals surface area contributed by atoms with Gasteiger partial charge in [0.15, 0.2) is 0 Å². The Hall–Kier alpha value is -5.72. The van der Waals surface area contributed by atoms with Gasteiger partial charge in [-0.1, -0.05) is 166 Å². The van der Waals surface area contributed by atoms with Gasteiger partial charge < -0.3 is 0 Å². The molecule has 0 bridgehead atoms. The van der Waals surface area contributed by atoms with E-state index < -0.39 is 0 Å². The van der Waals surface area contributed by atoms with E-state index in [2.05, 4.69) is 160 Å². The van der Waals surface area contributed by atoms with Crippen molar-refractivity contribution in [1.82, 2.24) is 0 Å².